The van der Waals surface area contributed by atoms with Crippen molar-refractivity contribution >= 4 is 0 Å². The summed E-state index contributed by atoms with van der Waals surface area (Å²) in [6.07, 6.45) is 0. The van der Waals surface area contributed by atoms with Crippen molar-refractivity contribution in [2.75, 3.05) is 0 Å². The molecule has 0 fully saturated rings. The average Bonchev–Trinajstić information content (AvgIpc) is 1.80. The summed E-state index contributed by atoms with van der Waals surface area (Å²) >= 11 is 0. The molecule has 1 nitrogen and oxygen atoms in total. The van der Waals surface area contributed by atoms with Crippen LogP contribution < -0.4 is 18.9 Å². The quantitative estimate of drug-likeness (QED) is 0.224. The molecule has 4 heteroatoms. The van der Waals surface area contributed by atoms with E-state index in [1.54, 1.807) is 0 Å². The van der Waals surface area contributed by atoms with Crippen molar-refractivity contribution in [3.05, 3.63) is 30.1 Å². The third kappa shape index (κ3) is 2.59. The van der Waals surface area contributed by atoms with Crippen molar-refractivity contribution in [2.24, 2.45) is 0 Å². The van der Waals surface area contributed by atoms with E-state index in [1.165, 1.54) is 0 Å². The topological polar surface area (TPSA) is 12.9 Å². The molecule has 0 saturated heterocycles. The van der Waals surface area contributed by atoms with Crippen molar-refractivity contribution < 1.29 is 29.0 Å². The Morgan fingerprint density at radius 2 is 2.33 bits per heavy atom. The SMILES string of the molecule is [2H]c1c[c-]c(F)nc1F.[Li+]. The molecule has 0 aliphatic heterocycles. The van der Waals surface area contributed by atoms with Crippen molar-refractivity contribution in [1.82, 2.24) is 4.98 Å². The van der Waals surface area contributed by atoms with E-state index < -0.39 is 17.9 Å². The van der Waals surface area contributed by atoms with E-state index in [0.29, 0.717) is 0 Å². The molecule has 1 aromatic rings. The van der Waals surface area contributed by atoms with Crippen LogP contribution in [0.4, 0.5) is 8.78 Å². The summed E-state index contributed by atoms with van der Waals surface area (Å²) in [6, 6.07) is 2.37. The first-order valence-electron chi connectivity index (χ1n) is 2.40. The van der Waals surface area contributed by atoms with E-state index in [2.05, 4.69) is 4.98 Å². The number of hydrogen-bond acceptors (Lipinski definition) is 1. The summed E-state index contributed by atoms with van der Waals surface area (Å²) < 4.78 is 30.6. The summed E-state index contributed by atoms with van der Waals surface area (Å²) in [5, 5.41) is 0. The van der Waals surface area contributed by atoms with Crippen LogP contribution in [-0.4, -0.2) is 4.98 Å². The summed E-state index contributed by atoms with van der Waals surface area (Å²) in [4.78, 5) is 2.70. The fourth-order valence-electron chi connectivity index (χ4n) is 0.306. The number of aromatic nitrogens is 1. The largest absolute Gasteiger partial charge is 1.00 e. The third-order valence-electron chi connectivity index (χ3n) is 0.579. The van der Waals surface area contributed by atoms with Crippen LogP contribution in [0.1, 0.15) is 1.37 Å². The van der Waals surface area contributed by atoms with Gasteiger partial charge in [0.1, 0.15) is 11.9 Å². The van der Waals surface area contributed by atoms with E-state index >= 15 is 0 Å². The molecule has 1 rings (SSSR count). The van der Waals surface area contributed by atoms with E-state index in [-0.39, 0.29) is 18.9 Å². The second kappa shape index (κ2) is 3.60. The van der Waals surface area contributed by atoms with Crippen molar-refractivity contribution in [1.29, 1.82) is 0 Å². The van der Waals surface area contributed by atoms with E-state index in [1.807, 2.05) is 6.07 Å². The van der Waals surface area contributed by atoms with Gasteiger partial charge in [0.15, 0.2) is 0 Å². The van der Waals surface area contributed by atoms with Gasteiger partial charge in [-0.3, -0.25) is 0 Å². The molecule has 0 aliphatic rings. The second-order valence-electron chi connectivity index (χ2n) is 1.13. The molecule has 0 saturated carbocycles. The zero-order chi connectivity index (χ0) is 6.85. The Morgan fingerprint density at radius 3 is 2.78 bits per heavy atom. The van der Waals surface area contributed by atoms with Gasteiger partial charge in [0.25, 0.3) is 0 Å². The van der Waals surface area contributed by atoms with Crippen LogP contribution in [0.2, 0.25) is 0 Å². The standard InChI is InChI=1S/C5H2F2N.Li/c6-4-2-1-3-5(7)8-4;/h1-2H;/q-1;+1/i2D;. The maximum absolute atomic E-state index is 12.0. The summed E-state index contributed by atoms with van der Waals surface area (Å²) in [5.41, 5.74) is 0. The van der Waals surface area contributed by atoms with Crippen LogP contribution >= 0.6 is 0 Å². The second-order valence-corrected chi connectivity index (χ2v) is 1.13. The van der Waals surface area contributed by atoms with Gasteiger partial charge in [-0.1, -0.05) is 1.37 Å². The molecule has 42 valence electrons. The predicted molar refractivity (Wildman–Crippen MR) is 23.0 cm³/mol. The van der Waals surface area contributed by atoms with Gasteiger partial charge in [0.05, 0.1) is 0 Å². The normalized spacial score (nSPS) is 9.78. The summed E-state index contributed by atoms with van der Waals surface area (Å²) in [7, 11) is 0. The van der Waals surface area contributed by atoms with Crippen molar-refractivity contribution in [3.63, 3.8) is 0 Å². The maximum atomic E-state index is 12.0. The Labute approximate surface area is 64.7 Å². The van der Waals surface area contributed by atoms with E-state index in [4.69, 9.17) is 1.37 Å². The number of halogens is 2. The van der Waals surface area contributed by atoms with Crippen LogP contribution in [0.25, 0.3) is 0 Å². The molecule has 0 N–H and O–H groups in total. The number of hydrogen-bond donors (Lipinski definition) is 0. The van der Waals surface area contributed by atoms with Gasteiger partial charge in [-0.2, -0.15) is 12.1 Å². The molecule has 0 radical (unpaired) electrons. The van der Waals surface area contributed by atoms with Crippen LogP contribution in [0, 0.1) is 18.0 Å². The van der Waals surface area contributed by atoms with Crippen molar-refractivity contribution in [3.8, 4) is 0 Å². The molecule has 9 heavy (non-hydrogen) atoms. The van der Waals surface area contributed by atoms with E-state index in [0.717, 1.165) is 6.07 Å². The van der Waals surface area contributed by atoms with Gasteiger partial charge in [-0.15, -0.1) is 0 Å². The molecule has 0 spiro atoms. The first kappa shape index (κ1) is 6.72. The Balaban J connectivity index is 0.000000810. The van der Waals surface area contributed by atoms with Crippen LogP contribution in [-0.2, 0) is 0 Å². The molecule has 0 unspecified atom stereocenters. The zero-order valence-corrected chi connectivity index (χ0v) is 4.78. The number of rotatable bonds is 0. The third-order valence-corrected chi connectivity index (χ3v) is 0.579. The van der Waals surface area contributed by atoms with Gasteiger partial charge < -0.3 is 0 Å². The number of pyridine rings is 1. The van der Waals surface area contributed by atoms with Gasteiger partial charge in [0, 0.05) is 0 Å². The molecule has 1 heterocycles. The number of nitrogens with zero attached hydrogens (tertiary/aromatic N) is 1. The molecule has 1 aromatic heterocycles. The van der Waals surface area contributed by atoms with Gasteiger partial charge in [0.2, 0.25) is 0 Å². The Bertz CT molecular complexity index is 231. The minimum Gasteiger partial charge on any atom is -0.228 e. The average molecular weight is 122 g/mol. The minimum absolute atomic E-state index is 0. The minimum atomic E-state index is -1.11. The van der Waals surface area contributed by atoms with Crippen molar-refractivity contribution in [2.45, 2.75) is 0 Å². The van der Waals surface area contributed by atoms with Crippen LogP contribution in [0.15, 0.2) is 12.1 Å². The van der Waals surface area contributed by atoms with Gasteiger partial charge >= 0.3 is 18.9 Å². The Hall–Kier alpha value is -0.393. The Kier molecular flexibility index (Phi) is 2.69. The fourth-order valence-corrected chi connectivity index (χ4v) is 0.306. The monoisotopic (exact) mass is 122 g/mol. The zero-order valence-electron chi connectivity index (χ0n) is 5.78. The smallest absolute Gasteiger partial charge is 0.228 e. The fraction of sp³-hybridized carbons (Fsp3) is 0. The molecule has 0 aromatic carbocycles. The van der Waals surface area contributed by atoms with Gasteiger partial charge in [-0.25, -0.2) is 19.8 Å². The Morgan fingerprint density at radius 1 is 1.67 bits per heavy atom. The van der Waals surface area contributed by atoms with Gasteiger partial charge in [-0.05, 0) is 0 Å². The molecular weight excluding hydrogens is 119 g/mol. The molecule has 0 aliphatic carbocycles. The van der Waals surface area contributed by atoms with Crippen LogP contribution in [0.5, 0.6) is 0 Å². The van der Waals surface area contributed by atoms with Crippen LogP contribution in [0.3, 0.4) is 0 Å². The molecule has 0 atom stereocenters. The summed E-state index contributed by atoms with van der Waals surface area (Å²) in [5.74, 6) is -2.13. The van der Waals surface area contributed by atoms with E-state index in [9.17, 15) is 8.78 Å². The molecular formula is C5H2F2LiN. The first-order chi connectivity index (χ1) is 4.20. The maximum Gasteiger partial charge on any atom is 1.00 e. The molecule has 0 bridgehead atoms. The first-order valence-corrected chi connectivity index (χ1v) is 1.90. The predicted octanol–water partition coefficient (Wildman–Crippen LogP) is -1.84. The molecule has 0 amide bonds. The summed E-state index contributed by atoms with van der Waals surface area (Å²) in [6.45, 7) is 0.